The lowest BCUT2D eigenvalue weighted by molar-refractivity contribution is 0.102. The third-order valence-corrected chi connectivity index (χ3v) is 3.23. The maximum absolute atomic E-state index is 12.3. The largest absolute Gasteiger partial charge is 0.497 e. The third-order valence-electron chi connectivity index (χ3n) is 2.91. The topological polar surface area (TPSA) is 73.6 Å². The van der Waals surface area contributed by atoms with E-state index in [-0.39, 0.29) is 5.91 Å². The van der Waals surface area contributed by atoms with Crippen LogP contribution in [0.4, 0.5) is 11.4 Å². The first kappa shape index (κ1) is 15.0. The fraction of sp³-hybridized carbons (Fsp3) is 0.133. The van der Waals surface area contributed by atoms with Crippen molar-refractivity contribution in [1.29, 1.82) is 0 Å². The van der Waals surface area contributed by atoms with Crippen LogP contribution in [0.1, 0.15) is 10.4 Å². The lowest BCUT2D eigenvalue weighted by atomic mass is 10.1. The van der Waals surface area contributed by atoms with Crippen molar-refractivity contribution in [3.05, 3.63) is 47.0 Å². The van der Waals surface area contributed by atoms with Gasteiger partial charge in [-0.25, -0.2) is 0 Å². The minimum Gasteiger partial charge on any atom is -0.497 e. The second kappa shape index (κ2) is 6.37. The van der Waals surface area contributed by atoms with Gasteiger partial charge >= 0.3 is 0 Å². The van der Waals surface area contributed by atoms with Gasteiger partial charge in [-0.3, -0.25) is 4.79 Å². The first-order valence-corrected chi connectivity index (χ1v) is 6.51. The predicted molar refractivity (Wildman–Crippen MR) is 83.4 cm³/mol. The Labute approximate surface area is 127 Å². The fourth-order valence-electron chi connectivity index (χ4n) is 1.79. The first-order valence-electron chi connectivity index (χ1n) is 6.13. The molecule has 1 amide bonds. The number of amides is 1. The Kier molecular flexibility index (Phi) is 4.55. The molecular weight excluding hydrogens is 292 g/mol. The normalized spacial score (nSPS) is 10.0. The summed E-state index contributed by atoms with van der Waals surface area (Å²) in [5, 5.41) is 3.21. The number of nitrogen functional groups attached to an aromatic ring is 1. The highest BCUT2D eigenvalue weighted by molar-refractivity contribution is 6.32. The molecule has 0 aliphatic rings. The van der Waals surface area contributed by atoms with Gasteiger partial charge in [-0.2, -0.15) is 0 Å². The fourth-order valence-corrected chi connectivity index (χ4v) is 1.99. The third kappa shape index (κ3) is 3.38. The zero-order valence-corrected chi connectivity index (χ0v) is 12.4. The van der Waals surface area contributed by atoms with Crippen LogP contribution in [0.25, 0.3) is 0 Å². The molecule has 6 heteroatoms. The highest BCUT2D eigenvalue weighted by atomic mass is 35.5. The summed E-state index contributed by atoms with van der Waals surface area (Å²) in [5.41, 5.74) is 7.08. The number of halogens is 1. The summed E-state index contributed by atoms with van der Waals surface area (Å²) >= 11 is 5.94. The zero-order chi connectivity index (χ0) is 15.4. The first-order chi connectivity index (χ1) is 10.0. The quantitative estimate of drug-likeness (QED) is 0.851. The Balaban J connectivity index is 2.25. The van der Waals surface area contributed by atoms with Crippen LogP contribution in [-0.4, -0.2) is 20.1 Å². The standard InChI is InChI=1S/C15H15ClN2O3/c1-20-10-4-6-13(17)11(8-10)15(19)18-9-3-5-12(16)14(7-9)21-2/h3-8H,17H2,1-2H3,(H,18,19). The van der Waals surface area contributed by atoms with Crippen LogP contribution in [0.15, 0.2) is 36.4 Å². The van der Waals surface area contributed by atoms with Gasteiger partial charge in [-0.1, -0.05) is 11.6 Å². The van der Waals surface area contributed by atoms with Gasteiger partial charge in [0.15, 0.2) is 0 Å². The van der Waals surface area contributed by atoms with Crippen LogP contribution in [0, 0.1) is 0 Å². The molecule has 110 valence electrons. The molecule has 2 aromatic carbocycles. The molecule has 0 bridgehead atoms. The van der Waals surface area contributed by atoms with E-state index in [1.807, 2.05) is 0 Å². The van der Waals surface area contributed by atoms with Gasteiger partial charge in [0, 0.05) is 17.4 Å². The molecule has 0 heterocycles. The summed E-state index contributed by atoms with van der Waals surface area (Å²) in [6.45, 7) is 0. The maximum Gasteiger partial charge on any atom is 0.257 e. The highest BCUT2D eigenvalue weighted by Crippen LogP contribution is 2.28. The number of anilines is 2. The van der Waals surface area contributed by atoms with Crippen LogP contribution in [0.3, 0.4) is 0 Å². The molecule has 0 aromatic heterocycles. The molecule has 0 saturated carbocycles. The van der Waals surface area contributed by atoms with E-state index in [0.717, 1.165) is 0 Å². The number of hydrogen-bond acceptors (Lipinski definition) is 4. The van der Waals surface area contributed by atoms with Crippen LogP contribution >= 0.6 is 11.6 Å². The van der Waals surface area contributed by atoms with Crippen molar-refractivity contribution in [3.8, 4) is 11.5 Å². The van der Waals surface area contributed by atoms with E-state index < -0.39 is 0 Å². The van der Waals surface area contributed by atoms with Gasteiger partial charge in [-0.15, -0.1) is 0 Å². The van der Waals surface area contributed by atoms with Crippen molar-refractivity contribution < 1.29 is 14.3 Å². The molecule has 0 unspecified atom stereocenters. The van der Waals surface area contributed by atoms with E-state index in [4.69, 9.17) is 26.8 Å². The van der Waals surface area contributed by atoms with Crippen molar-refractivity contribution in [2.24, 2.45) is 0 Å². The molecule has 0 saturated heterocycles. The molecule has 5 nitrogen and oxygen atoms in total. The monoisotopic (exact) mass is 306 g/mol. The molecule has 0 atom stereocenters. The van der Waals surface area contributed by atoms with Crippen molar-refractivity contribution in [2.45, 2.75) is 0 Å². The molecule has 2 rings (SSSR count). The molecule has 0 radical (unpaired) electrons. The highest BCUT2D eigenvalue weighted by Gasteiger charge is 2.12. The number of ether oxygens (including phenoxy) is 2. The smallest absolute Gasteiger partial charge is 0.257 e. The van der Waals surface area contributed by atoms with Crippen LogP contribution in [0.5, 0.6) is 11.5 Å². The van der Waals surface area contributed by atoms with E-state index in [0.29, 0.717) is 33.5 Å². The molecule has 0 aliphatic heterocycles. The summed E-state index contributed by atoms with van der Waals surface area (Å²) in [7, 11) is 3.03. The Morgan fingerprint density at radius 3 is 2.57 bits per heavy atom. The summed E-state index contributed by atoms with van der Waals surface area (Å²) in [6, 6.07) is 9.85. The number of methoxy groups -OCH3 is 2. The Morgan fingerprint density at radius 2 is 1.90 bits per heavy atom. The van der Waals surface area contributed by atoms with Gasteiger partial charge in [0.05, 0.1) is 24.8 Å². The molecule has 0 fully saturated rings. The SMILES string of the molecule is COc1ccc(N)c(C(=O)Nc2ccc(Cl)c(OC)c2)c1. The number of hydrogen-bond donors (Lipinski definition) is 2. The van der Waals surface area contributed by atoms with Gasteiger partial charge in [0.25, 0.3) is 5.91 Å². The molecule has 0 aliphatic carbocycles. The number of benzene rings is 2. The van der Waals surface area contributed by atoms with Crippen molar-refractivity contribution >= 4 is 28.9 Å². The molecule has 3 N–H and O–H groups in total. The van der Waals surface area contributed by atoms with Gasteiger partial charge in [0.2, 0.25) is 0 Å². The van der Waals surface area contributed by atoms with Crippen LogP contribution < -0.4 is 20.5 Å². The van der Waals surface area contributed by atoms with E-state index in [9.17, 15) is 4.79 Å². The van der Waals surface area contributed by atoms with E-state index in [1.54, 1.807) is 36.4 Å². The van der Waals surface area contributed by atoms with Crippen molar-refractivity contribution in [1.82, 2.24) is 0 Å². The van der Waals surface area contributed by atoms with Crippen LogP contribution in [0.2, 0.25) is 5.02 Å². The lowest BCUT2D eigenvalue weighted by Gasteiger charge is -2.10. The second-order valence-corrected chi connectivity index (χ2v) is 4.66. The maximum atomic E-state index is 12.3. The number of nitrogens with one attached hydrogen (secondary N) is 1. The summed E-state index contributed by atoms with van der Waals surface area (Å²) in [6.07, 6.45) is 0. The lowest BCUT2D eigenvalue weighted by Crippen LogP contribution is -2.14. The summed E-state index contributed by atoms with van der Waals surface area (Å²) < 4.78 is 10.2. The minimum atomic E-state index is -0.337. The van der Waals surface area contributed by atoms with Gasteiger partial charge < -0.3 is 20.5 Å². The molecule has 2 aromatic rings. The van der Waals surface area contributed by atoms with Crippen LogP contribution in [-0.2, 0) is 0 Å². The number of carbonyl (C=O) groups excluding carboxylic acids is 1. The van der Waals surface area contributed by atoms with Crippen molar-refractivity contribution in [3.63, 3.8) is 0 Å². The average Bonchev–Trinajstić information content (AvgIpc) is 2.49. The Bertz CT molecular complexity index is 674. The zero-order valence-electron chi connectivity index (χ0n) is 11.6. The second-order valence-electron chi connectivity index (χ2n) is 4.26. The average molecular weight is 307 g/mol. The summed E-state index contributed by atoms with van der Waals surface area (Å²) in [5.74, 6) is 0.701. The molecule has 21 heavy (non-hydrogen) atoms. The predicted octanol–water partition coefficient (Wildman–Crippen LogP) is 3.19. The Morgan fingerprint density at radius 1 is 1.14 bits per heavy atom. The van der Waals surface area contributed by atoms with Crippen molar-refractivity contribution in [2.75, 3.05) is 25.3 Å². The number of rotatable bonds is 4. The number of carbonyl (C=O) groups is 1. The molecular formula is C15H15ClN2O3. The van der Waals surface area contributed by atoms with E-state index >= 15 is 0 Å². The van der Waals surface area contributed by atoms with Gasteiger partial charge in [0.1, 0.15) is 11.5 Å². The van der Waals surface area contributed by atoms with E-state index in [2.05, 4.69) is 5.32 Å². The Hall–Kier alpha value is -2.40. The summed E-state index contributed by atoms with van der Waals surface area (Å²) in [4.78, 5) is 12.3. The molecule has 0 spiro atoms. The van der Waals surface area contributed by atoms with Gasteiger partial charge in [-0.05, 0) is 30.3 Å². The van der Waals surface area contributed by atoms with E-state index in [1.165, 1.54) is 14.2 Å². The minimum absolute atomic E-state index is 0.336. The number of nitrogens with two attached hydrogens (primary N) is 1.